The normalized spacial score (nSPS) is 20.1. The van der Waals surface area contributed by atoms with Gasteiger partial charge in [0.15, 0.2) is 0 Å². The predicted molar refractivity (Wildman–Crippen MR) is 61.1 cm³/mol. The van der Waals surface area contributed by atoms with E-state index in [4.69, 9.17) is 0 Å². The molecule has 0 saturated heterocycles. The Morgan fingerprint density at radius 2 is 1.94 bits per heavy atom. The highest BCUT2D eigenvalue weighted by Gasteiger charge is 2.39. The molecule has 2 aromatic rings. The molecule has 0 aliphatic heterocycles. The zero-order valence-corrected chi connectivity index (χ0v) is 9.54. The van der Waals surface area contributed by atoms with E-state index < -0.39 is 12.4 Å². The second-order valence-corrected chi connectivity index (χ2v) is 4.59. The van der Waals surface area contributed by atoms with Crippen LogP contribution in [0.2, 0.25) is 0 Å². The lowest BCUT2D eigenvalue weighted by Gasteiger charge is -2.22. The molecular weight excluding hydrogens is 243 g/mol. The summed E-state index contributed by atoms with van der Waals surface area (Å²) >= 11 is 0. The number of fused-ring (bicyclic) bond motifs is 3. The van der Waals surface area contributed by atoms with E-state index in [1.807, 2.05) is 0 Å². The number of aliphatic hydroxyl groups is 1. The van der Waals surface area contributed by atoms with E-state index in [0.29, 0.717) is 28.4 Å². The van der Waals surface area contributed by atoms with Gasteiger partial charge in [0, 0.05) is 5.39 Å². The van der Waals surface area contributed by atoms with E-state index in [0.717, 1.165) is 6.42 Å². The smallest absolute Gasteiger partial charge is 0.387 e. The molecule has 5 heteroatoms. The first-order valence-corrected chi connectivity index (χ1v) is 5.87. The maximum atomic E-state index is 13.2. The minimum atomic E-state index is -4.49. The topological polar surface area (TPSA) is 25.2 Å². The zero-order valence-electron chi connectivity index (χ0n) is 9.54. The van der Waals surface area contributed by atoms with Crippen LogP contribution < -0.4 is 0 Å². The average Bonchev–Trinajstić information content (AvgIpc) is 2.65. The number of aliphatic hydroxyl groups excluding tert-OH is 1. The monoisotopic (exact) mass is 255 g/mol. The average molecular weight is 255 g/mol. The zero-order chi connectivity index (χ0) is 12.9. The number of benzene rings is 1. The SMILES string of the molecule is OC1CCCc2c1n(C(F)(F)F)c1ccccc21. The largest absolute Gasteiger partial charge is 0.489 e. The number of aryl methyl sites for hydroxylation is 1. The van der Waals surface area contributed by atoms with Crippen molar-refractivity contribution in [2.75, 3.05) is 0 Å². The Bertz CT molecular complexity index is 600. The van der Waals surface area contributed by atoms with E-state index in [2.05, 4.69) is 0 Å². The minimum Gasteiger partial charge on any atom is -0.387 e. The summed E-state index contributed by atoms with van der Waals surface area (Å²) < 4.78 is 39.8. The molecular formula is C13H12F3NO. The number of halogens is 3. The molecule has 0 bridgehead atoms. The van der Waals surface area contributed by atoms with Crippen LogP contribution in [0.25, 0.3) is 10.9 Å². The summed E-state index contributed by atoms with van der Waals surface area (Å²) in [5.41, 5.74) is 0.799. The molecule has 1 aliphatic carbocycles. The van der Waals surface area contributed by atoms with Crippen LogP contribution in [-0.4, -0.2) is 9.67 Å². The lowest BCUT2D eigenvalue weighted by molar-refractivity contribution is -0.204. The second-order valence-electron chi connectivity index (χ2n) is 4.59. The number of hydrogen-bond donors (Lipinski definition) is 1. The fraction of sp³-hybridized carbons (Fsp3) is 0.385. The van der Waals surface area contributed by atoms with Gasteiger partial charge in [-0.1, -0.05) is 18.2 Å². The summed E-state index contributed by atoms with van der Waals surface area (Å²) in [5.74, 6) is 0. The number of para-hydroxylation sites is 1. The number of aromatic nitrogens is 1. The van der Waals surface area contributed by atoms with Crippen molar-refractivity contribution in [3.63, 3.8) is 0 Å². The maximum absolute atomic E-state index is 13.2. The molecule has 1 aliphatic rings. The van der Waals surface area contributed by atoms with Crippen LogP contribution in [-0.2, 0) is 12.7 Å². The summed E-state index contributed by atoms with van der Waals surface area (Å²) in [5, 5.41) is 10.5. The first kappa shape index (κ1) is 11.6. The predicted octanol–water partition coefficient (Wildman–Crippen LogP) is 3.49. The van der Waals surface area contributed by atoms with Gasteiger partial charge in [-0.2, -0.15) is 0 Å². The summed E-state index contributed by atoms with van der Waals surface area (Å²) in [6.45, 7) is 0. The first-order valence-electron chi connectivity index (χ1n) is 5.87. The van der Waals surface area contributed by atoms with E-state index in [-0.39, 0.29) is 11.2 Å². The lowest BCUT2D eigenvalue weighted by Crippen LogP contribution is -2.23. The second kappa shape index (κ2) is 3.75. The van der Waals surface area contributed by atoms with Gasteiger partial charge in [-0.05, 0) is 30.9 Å². The molecule has 96 valence electrons. The van der Waals surface area contributed by atoms with Gasteiger partial charge in [-0.25, -0.2) is 0 Å². The van der Waals surface area contributed by atoms with Crippen molar-refractivity contribution >= 4 is 10.9 Å². The molecule has 1 unspecified atom stereocenters. The number of hydrogen-bond acceptors (Lipinski definition) is 1. The van der Waals surface area contributed by atoms with Crippen LogP contribution >= 0.6 is 0 Å². The van der Waals surface area contributed by atoms with Crippen LogP contribution in [0.5, 0.6) is 0 Å². The fourth-order valence-corrected chi connectivity index (χ4v) is 2.82. The van der Waals surface area contributed by atoms with Crippen molar-refractivity contribution in [3.05, 3.63) is 35.5 Å². The molecule has 2 nitrogen and oxygen atoms in total. The minimum absolute atomic E-state index is 0.0231. The molecule has 0 amide bonds. The van der Waals surface area contributed by atoms with Crippen molar-refractivity contribution in [1.82, 2.24) is 4.57 Å². The highest BCUT2D eigenvalue weighted by Crippen LogP contribution is 2.41. The van der Waals surface area contributed by atoms with Crippen LogP contribution in [0.3, 0.4) is 0 Å². The van der Waals surface area contributed by atoms with E-state index in [1.165, 1.54) is 6.07 Å². The van der Waals surface area contributed by atoms with Gasteiger partial charge >= 0.3 is 6.30 Å². The molecule has 1 aromatic heterocycles. The number of nitrogens with zero attached hydrogens (tertiary/aromatic N) is 1. The molecule has 0 saturated carbocycles. The highest BCUT2D eigenvalue weighted by atomic mass is 19.4. The fourth-order valence-electron chi connectivity index (χ4n) is 2.82. The number of alkyl halides is 3. The van der Waals surface area contributed by atoms with Gasteiger partial charge in [0.1, 0.15) is 0 Å². The summed E-state index contributed by atoms with van der Waals surface area (Å²) in [7, 11) is 0. The van der Waals surface area contributed by atoms with Gasteiger partial charge < -0.3 is 5.11 Å². The molecule has 1 atom stereocenters. The van der Waals surface area contributed by atoms with Crippen molar-refractivity contribution in [1.29, 1.82) is 0 Å². The molecule has 0 fully saturated rings. The third-order valence-electron chi connectivity index (χ3n) is 3.49. The Balaban J connectivity index is 2.42. The standard InChI is InChI=1S/C13H12F3NO/c14-13(15,16)17-10-6-2-1-4-8(10)9-5-3-7-11(18)12(9)17/h1-2,4,6,11,18H,3,5,7H2. The quantitative estimate of drug-likeness (QED) is 0.766. The highest BCUT2D eigenvalue weighted by molar-refractivity contribution is 5.86. The molecule has 18 heavy (non-hydrogen) atoms. The molecule has 3 rings (SSSR count). The Hall–Kier alpha value is -1.49. The Morgan fingerprint density at radius 3 is 2.67 bits per heavy atom. The van der Waals surface area contributed by atoms with Crippen LogP contribution in [0.4, 0.5) is 13.2 Å². The molecule has 0 spiro atoms. The summed E-state index contributed by atoms with van der Waals surface area (Å²) in [6, 6.07) is 6.45. The van der Waals surface area contributed by atoms with Gasteiger partial charge in [-0.3, -0.25) is 4.57 Å². The van der Waals surface area contributed by atoms with E-state index in [9.17, 15) is 18.3 Å². The third kappa shape index (κ3) is 1.54. The Labute approximate surface area is 102 Å². The van der Waals surface area contributed by atoms with Gasteiger partial charge in [0.05, 0.1) is 17.3 Å². The van der Waals surface area contributed by atoms with E-state index >= 15 is 0 Å². The van der Waals surface area contributed by atoms with Gasteiger partial charge in [-0.15, -0.1) is 13.2 Å². The van der Waals surface area contributed by atoms with Crippen molar-refractivity contribution < 1.29 is 18.3 Å². The molecule has 1 aromatic carbocycles. The van der Waals surface area contributed by atoms with Gasteiger partial charge in [0.2, 0.25) is 0 Å². The van der Waals surface area contributed by atoms with Gasteiger partial charge in [0.25, 0.3) is 0 Å². The number of rotatable bonds is 0. The van der Waals surface area contributed by atoms with Crippen LogP contribution in [0.15, 0.2) is 24.3 Å². The summed E-state index contributed by atoms with van der Waals surface area (Å²) in [4.78, 5) is 0. The van der Waals surface area contributed by atoms with Crippen molar-refractivity contribution in [2.45, 2.75) is 31.7 Å². The molecule has 1 N–H and O–H groups in total. The van der Waals surface area contributed by atoms with Crippen molar-refractivity contribution in [2.24, 2.45) is 0 Å². The first-order chi connectivity index (χ1) is 8.50. The maximum Gasteiger partial charge on any atom is 0.489 e. The summed E-state index contributed by atoms with van der Waals surface area (Å²) in [6.07, 6.45) is -3.82. The molecule has 0 radical (unpaired) electrons. The Kier molecular flexibility index (Phi) is 2.41. The lowest BCUT2D eigenvalue weighted by atomic mass is 9.93. The van der Waals surface area contributed by atoms with E-state index in [1.54, 1.807) is 18.2 Å². The van der Waals surface area contributed by atoms with Crippen LogP contribution in [0, 0.1) is 0 Å². The third-order valence-corrected chi connectivity index (χ3v) is 3.49. The van der Waals surface area contributed by atoms with Crippen molar-refractivity contribution in [3.8, 4) is 0 Å². The Morgan fingerprint density at radius 1 is 1.22 bits per heavy atom. The van der Waals surface area contributed by atoms with Crippen LogP contribution in [0.1, 0.15) is 30.2 Å². The molecule has 1 heterocycles.